The van der Waals surface area contributed by atoms with Crippen molar-refractivity contribution in [1.29, 1.82) is 0 Å². The lowest BCUT2D eigenvalue weighted by molar-refractivity contribution is 0.0459. The van der Waals surface area contributed by atoms with Crippen molar-refractivity contribution in [2.45, 2.75) is 6.61 Å². The van der Waals surface area contributed by atoms with Crippen LogP contribution in [0.4, 0.5) is 0 Å². The number of H-pyrrole nitrogens is 1. The number of ether oxygens (including phenoxy) is 1. The molecule has 2 aromatic carbocycles. The van der Waals surface area contributed by atoms with Crippen molar-refractivity contribution in [2.75, 3.05) is 0 Å². The number of tetrazole rings is 1. The number of aromatic amines is 1. The predicted molar refractivity (Wildman–Crippen MR) is 84.4 cm³/mol. The quantitative estimate of drug-likeness (QED) is 0.577. The van der Waals surface area contributed by atoms with Crippen LogP contribution in [0.1, 0.15) is 16.2 Å². The maximum atomic E-state index is 12.2. The molecule has 1 N–H and O–H groups in total. The highest BCUT2D eigenvalue weighted by atomic mass is 16.5. The van der Waals surface area contributed by atoms with Gasteiger partial charge < -0.3 is 4.74 Å². The van der Waals surface area contributed by atoms with Gasteiger partial charge in [0.1, 0.15) is 0 Å². The van der Waals surface area contributed by atoms with Gasteiger partial charge in [0.15, 0.2) is 12.4 Å². The van der Waals surface area contributed by atoms with Crippen molar-refractivity contribution in [2.24, 2.45) is 0 Å². The van der Waals surface area contributed by atoms with Crippen LogP contribution in [0.25, 0.3) is 16.6 Å². The van der Waals surface area contributed by atoms with Gasteiger partial charge in [0.05, 0.1) is 23.0 Å². The summed E-state index contributed by atoms with van der Waals surface area (Å²) in [4.78, 5) is 12.2. The van der Waals surface area contributed by atoms with E-state index >= 15 is 0 Å². The van der Waals surface area contributed by atoms with E-state index in [2.05, 4.69) is 25.7 Å². The number of rotatable bonds is 4. The maximum absolute atomic E-state index is 12.2. The number of fused-ring (bicyclic) bond motifs is 1. The number of benzene rings is 2. The molecule has 2 aromatic heterocycles. The molecule has 0 bridgehead atoms. The zero-order valence-electron chi connectivity index (χ0n) is 12.5. The molecule has 0 atom stereocenters. The Morgan fingerprint density at radius 1 is 1.17 bits per heavy atom. The van der Waals surface area contributed by atoms with Crippen LogP contribution in [0.2, 0.25) is 0 Å². The van der Waals surface area contributed by atoms with Crippen molar-refractivity contribution in [3.05, 3.63) is 66.1 Å². The Hall–Kier alpha value is -3.55. The largest absolute Gasteiger partial charge is 0.454 e. The van der Waals surface area contributed by atoms with E-state index in [0.29, 0.717) is 11.4 Å². The van der Waals surface area contributed by atoms with Crippen LogP contribution < -0.4 is 0 Å². The van der Waals surface area contributed by atoms with Gasteiger partial charge in [-0.3, -0.25) is 5.10 Å². The van der Waals surface area contributed by atoms with E-state index in [4.69, 9.17) is 4.74 Å². The monoisotopic (exact) mass is 320 g/mol. The van der Waals surface area contributed by atoms with Gasteiger partial charge in [-0.2, -0.15) is 9.78 Å². The van der Waals surface area contributed by atoms with E-state index < -0.39 is 5.97 Å². The first-order valence-corrected chi connectivity index (χ1v) is 7.24. The summed E-state index contributed by atoms with van der Waals surface area (Å²) in [5.74, 6) is -0.00807. The molecule has 0 aliphatic carbocycles. The minimum absolute atomic E-state index is 0.0261. The third-order valence-corrected chi connectivity index (χ3v) is 3.54. The number of esters is 1. The number of hydrogen-bond donors (Lipinski definition) is 1. The lowest BCUT2D eigenvalue weighted by atomic mass is 10.2. The lowest BCUT2D eigenvalue weighted by Crippen LogP contribution is -2.10. The van der Waals surface area contributed by atoms with E-state index in [1.165, 1.54) is 4.68 Å². The van der Waals surface area contributed by atoms with Crippen molar-refractivity contribution in [3.8, 4) is 5.69 Å². The van der Waals surface area contributed by atoms with Gasteiger partial charge in [-0.05, 0) is 34.7 Å². The Bertz CT molecular complexity index is 992. The fraction of sp³-hybridized carbons (Fsp3) is 0.0625. The van der Waals surface area contributed by atoms with Gasteiger partial charge >= 0.3 is 5.97 Å². The van der Waals surface area contributed by atoms with Crippen LogP contribution in [0.5, 0.6) is 0 Å². The highest BCUT2D eigenvalue weighted by Gasteiger charge is 2.13. The van der Waals surface area contributed by atoms with Gasteiger partial charge in [0.25, 0.3) is 0 Å². The Balaban J connectivity index is 1.51. The molecule has 8 heteroatoms. The summed E-state index contributed by atoms with van der Waals surface area (Å²) in [6, 6.07) is 14.6. The molecule has 0 unspecified atom stereocenters. The number of para-hydroxylation sites is 1. The molecule has 0 aliphatic rings. The molecule has 0 spiro atoms. The molecule has 24 heavy (non-hydrogen) atoms. The SMILES string of the molecule is O=C(OCc1nnnn1-c1ccccc1)c1ccc2cn[nH]c2c1. The second kappa shape index (κ2) is 5.92. The van der Waals surface area contributed by atoms with Gasteiger partial charge in [-0.25, -0.2) is 4.79 Å². The molecule has 8 nitrogen and oxygen atoms in total. The summed E-state index contributed by atoms with van der Waals surface area (Å²) < 4.78 is 6.86. The second-order valence-corrected chi connectivity index (χ2v) is 5.09. The van der Waals surface area contributed by atoms with Crippen LogP contribution in [-0.2, 0) is 11.3 Å². The number of carbonyl (C=O) groups is 1. The summed E-state index contributed by atoms with van der Waals surface area (Å²) in [5, 5.41) is 19.1. The molecule has 0 amide bonds. The Kier molecular flexibility index (Phi) is 3.47. The maximum Gasteiger partial charge on any atom is 0.338 e. The molecule has 118 valence electrons. The highest BCUT2D eigenvalue weighted by molar-refractivity contribution is 5.94. The minimum atomic E-state index is -0.450. The topological polar surface area (TPSA) is 98.6 Å². The van der Waals surface area contributed by atoms with Crippen LogP contribution in [0.15, 0.2) is 54.7 Å². The molecule has 0 saturated carbocycles. The van der Waals surface area contributed by atoms with E-state index in [1.54, 1.807) is 18.3 Å². The number of carbonyl (C=O) groups excluding carboxylic acids is 1. The first kappa shape index (κ1) is 14.1. The smallest absolute Gasteiger partial charge is 0.338 e. The number of aromatic nitrogens is 6. The van der Waals surface area contributed by atoms with Crippen LogP contribution in [0, 0.1) is 0 Å². The molecule has 4 aromatic rings. The van der Waals surface area contributed by atoms with Gasteiger partial charge in [-0.15, -0.1) is 5.10 Å². The van der Waals surface area contributed by atoms with Crippen molar-refractivity contribution < 1.29 is 9.53 Å². The standard InChI is InChI=1S/C16H12N6O2/c23-16(11-6-7-12-9-17-18-14(12)8-11)24-10-15-19-20-21-22(15)13-4-2-1-3-5-13/h1-9H,10H2,(H,17,18). The molecule has 0 fully saturated rings. The molecule has 0 radical (unpaired) electrons. The van der Waals surface area contributed by atoms with Gasteiger partial charge in [0, 0.05) is 5.39 Å². The fourth-order valence-corrected chi connectivity index (χ4v) is 2.34. The van der Waals surface area contributed by atoms with Gasteiger partial charge in [-0.1, -0.05) is 24.3 Å². The second-order valence-electron chi connectivity index (χ2n) is 5.09. The minimum Gasteiger partial charge on any atom is -0.454 e. The molecule has 0 aliphatic heterocycles. The summed E-state index contributed by atoms with van der Waals surface area (Å²) in [7, 11) is 0. The first-order chi connectivity index (χ1) is 11.8. The molecule has 4 rings (SSSR count). The van der Waals surface area contributed by atoms with E-state index in [1.807, 2.05) is 36.4 Å². The summed E-state index contributed by atoms with van der Waals surface area (Å²) >= 11 is 0. The Morgan fingerprint density at radius 2 is 2.04 bits per heavy atom. The average Bonchev–Trinajstić information content (AvgIpc) is 3.28. The van der Waals surface area contributed by atoms with Gasteiger partial charge in [0.2, 0.25) is 0 Å². The summed E-state index contributed by atoms with van der Waals surface area (Å²) in [6.45, 7) is -0.0261. The van der Waals surface area contributed by atoms with E-state index in [-0.39, 0.29) is 6.61 Å². The third-order valence-electron chi connectivity index (χ3n) is 3.54. The van der Waals surface area contributed by atoms with Crippen molar-refractivity contribution >= 4 is 16.9 Å². The lowest BCUT2D eigenvalue weighted by Gasteiger charge is -2.06. The summed E-state index contributed by atoms with van der Waals surface area (Å²) in [5.41, 5.74) is 2.01. The number of hydrogen-bond acceptors (Lipinski definition) is 6. The molecule has 0 saturated heterocycles. The zero-order chi connectivity index (χ0) is 16.4. The third kappa shape index (κ3) is 2.60. The zero-order valence-corrected chi connectivity index (χ0v) is 12.5. The molecule has 2 heterocycles. The highest BCUT2D eigenvalue weighted by Crippen LogP contribution is 2.14. The Morgan fingerprint density at radius 3 is 2.92 bits per heavy atom. The predicted octanol–water partition coefficient (Wildman–Crippen LogP) is 1.90. The van der Waals surface area contributed by atoms with Crippen LogP contribution in [-0.4, -0.2) is 36.4 Å². The summed E-state index contributed by atoms with van der Waals surface area (Å²) in [6.07, 6.45) is 1.69. The van der Waals surface area contributed by atoms with E-state index in [9.17, 15) is 4.79 Å². The number of nitrogens with one attached hydrogen (secondary N) is 1. The van der Waals surface area contributed by atoms with Crippen molar-refractivity contribution in [3.63, 3.8) is 0 Å². The fourth-order valence-electron chi connectivity index (χ4n) is 2.34. The van der Waals surface area contributed by atoms with E-state index in [0.717, 1.165) is 16.6 Å². The van der Waals surface area contributed by atoms with Crippen LogP contribution >= 0.6 is 0 Å². The number of nitrogens with zero attached hydrogens (tertiary/aromatic N) is 5. The first-order valence-electron chi connectivity index (χ1n) is 7.24. The molecular formula is C16H12N6O2. The normalized spacial score (nSPS) is 10.8. The average molecular weight is 320 g/mol. The molecular weight excluding hydrogens is 308 g/mol. The van der Waals surface area contributed by atoms with Crippen LogP contribution in [0.3, 0.4) is 0 Å². The van der Waals surface area contributed by atoms with Crippen molar-refractivity contribution in [1.82, 2.24) is 30.4 Å². The Labute approximate surface area is 136 Å².